The molecule has 0 saturated carbocycles. The molecule has 0 fully saturated rings. The maximum absolute atomic E-state index is 11.4. The largest absolute Gasteiger partial charge is 0.378 e. The molecule has 0 aromatic rings. The van der Waals surface area contributed by atoms with Crippen molar-refractivity contribution < 1.29 is 13.2 Å². The second-order valence-electron chi connectivity index (χ2n) is 3.93. The first-order chi connectivity index (χ1) is 7.37. The molecule has 0 heterocycles. The van der Waals surface area contributed by atoms with E-state index in [1.165, 1.54) is 0 Å². The summed E-state index contributed by atoms with van der Waals surface area (Å²) in [5.74, 6) is 0.00422. The quantitative estimate of drug-likeness (QED) is 0.650. The summed E-state index contributed by atoms with van der Waals surface area (Å²) in [6.45, 7) is 6.35. The third kappa shape index (κ3) is 9.39. The Balaban J connectivity index is 3.71. The minimum atomic E-state index is -3.21. The number of halogens is 1. The molecular weight excluding hydrogens is 250 g/mol. The zero-order valence-corrected chi connectivity index (χ0v) is 11.8. The van der Waals surface area contributed by atoms with E-state index in [0.29, 0.717) is 13.0 Å². The fourth-order valence-corrected chi connectivity index (χ4v) is 2.04. The highest BCUT2D eigenvalue weighted by molar-refractivity contribution is 7.89. The average Bonchev–Trinajstić information content (AvgIpc) is 2.16. The van der Waals surface area contributed by atoms with Gasteiger partial charge in [0, 0.05) is 11.9 Å². The summed E-state index contributed by atoms with van der Waals surface area (Å²) in [4.78, 5) is 0. The summed E-state index contributed by atoms with van der Waals surface area (Å²) in [5.41, 5.74) is 0. The van der Waals surface area contributed by atoms with E-state index in [-0.39, 0.29) is 23.8 Å². The van der Waals surface area contributed by atoms with Crippen molar-refractivity contribution in [2.24, 2.45) is 0 Å². The van der Waals surface area contributed by atoms with E-state index in [0.717, 1.165) is 6.42 Å². The van der Waals surface area contributed by atoms with E-state index in [2.05, 4.69) is 4.72 Å². The summed E-state index contributed by atoms with van der Waals surface area (Å²) in [5, 5.41) is 0.0367. The molecule has 1 unspecified atom stereocenters. The first-order valence-corrected chi connectivity index (χ1v) is 7.69. The van der Waals surface area contributed by atoms with Crippen molar-refractivity contribution in [1.82, 2.24) is 4.72 Å². The lowest BCUT2D eigenvalue weighted by Gasteiger charge is -2.10. The van der Waals surface area contributed by atoms with E-state index in [4.69, 9.17) is 16.3 Å². The topological polar surface area (TPSA) is 55.4 Å². The van der Waals surface area contributed by atoms with Crippen LogP contribution < -0.4 is 4.72 Å². The second kappa shape index (κ2) is 8.28. The van der Waals surface area contributed by atoms with Gasteiger partial charge in [-0.3, -0.25) is 0 Å². The fraction of sp³-hybridized carbons (Fsp3) is 1.00. The van der Waals surface area contributed by atoms with Gasteiger partial charge in [-0.2, -0.15) is 0 Å². The first-order valence-electron chi connectivity index (χ1n) is 5.60. The van der Waals surface area contributed by atoms with Crippen molar-refractivity contribution in [2.45, 2.75) is 45.1 Å². The molecule has 1 atom stereocenters. The summed E-state index contributed by atoms with van der Waals surface area (Å²) >= 11 is 5.88. The van der Waals surface area contributed by atoms with E-state index < -0.39 is 10.0 Å². The SMILES string of the molecule is CCC(Cl)CCNS(=O)(=O)CCOC(C)C. The number of ether oxygens (including phenoxy) is 1. The molecule has 0 aromatic heterocycles. The van der Waals surface area contributed by atoms with Gasteiger partial charge in [0.15, 0.2) is 0 Å². The summed E-state index contributed by atoms with van der Waals surface area (Å²) < 4.78 is 30.6. The van der Waals surface area contributed by atoms with Crippen molar-refractivity contribution >= 4 is 21.6 Å². The Morgan fingerprint density at radius 3 is 2.50 bits per heavy atom. The highest BCUT2D eigenvalue weighted by Gasteiger charge is 2.11. The fourth-order valence-electron chi connectivity index (χ4n) is 1.04. The van der Waals surface area contributed by atoms with E-state index in [9.17, 15) is 8.42 Å². The van der Waals surface area contributed by atoms with Gasteiger partial charge in [0.2, 0.25) is 10.0 Å². The normalized spacial score (nSPS) is 14.3. The van der Waals surface area contributed by atoms with Crippen molar-refractivity contribution in [3.05, 3.63) is 0 Å². The van der Waals surface area contributed by atoms with Crippen LogP contribution >= 0.6 is 11.6 Å². The maximum atomic E-state index is 11.4. The second-order valence-corrected chi connectivity index (χ2v) is 6.47. The number of rotatable bonds is 9. The van der Waals surface area contributed by atoms with Gasteiger partial charge in [0.05, 0.1) is 18.5 Å². The van der Waals surface area contributed by atoms with E-state index in [1.54, 1.807) is 0 Å². The molecule has 0 amide bonds. The molecule has 0 spiro atoms. The van der Waals surface area contributed by atoms with Crippen molar-refractivity contribution in [3.63, 3.8) is 0 Å². The molecule has 6 heteroatoms. The molecule has 0 aromatic carbocycles. The summed E-state index contributed by atoms with van der Waals surface area (Å²) in [6.07, 6.45) is 1.56. The van der Waals surface area contributed by atoms with Crippen LogP contribution in [-0.4, -0.2) is 38.8 Å². The van der Waals surface area contributed by atoms with Crippen LogP contribution in [-0.2, 0) is 14.8 Å². The van der Waals surface area contributed by atoms with Crippen molar-refractivity contribution in [2.75, 3.05) is 18.9 Å². The summed E-state index contributed by atoms with van der Waals surface area (Å²) in [7, 11) is -3.21. The Morgan fingerprint density at radius 1 is 1.38 bits per heavy atom. The predicted molar refractivity (Wildman–Crippen MR) is 67.4 cm³/mol. The molecular formula is C10H22ClNO3S. The molecule has 0 bridgehead atoms. The first kappa shape index (κ1) is 16.2. The third-order valence-corrected chi connectivity index (χ3v) is 3.90. The average molecular weight is 272 g/mol. The van der Waals surface area contributed by atoms with Gasteiger partial charge in [0.1, 0.15) is 0 Å². The standard InChI is InChI=1S/C10H22ClNO3S/c1-4-10(11)5-6-12-16(13,14)8-7-15-9(2)3/h9-10,12H,4-8H2,1-3H3. The lowest BCUT2D eigenvalue weighted by atomic mass is 10.2. The van der Waals surface area contributed by atoms with Gasteiger partial charge < -0.3 is 4.74 Å². The molecule has 0 saturated heterocycles. The Bertz CT molecular complexity index is 267. The number of nitrogens with one attached hydrogen (secondary N) is 1. The van der Waals surface area contributed by atoms with E-state index in [1.807, 2.05) is 20.8 Å². The van der Waals surface area contributed by atoms with Crippen LogP contribution in [0.2, 0.25) is 0 Å². The maximum Gasteiger partial charge on any atom is 0.213 e. The minimum absolute atomic E-state index is 0.00422. The van der Waals surface area contributed by atoms with Crippen LogP contribution in [0.3, 0.4) is 0 Å². The Hall–Kier alpha value is 0.160. The lowest BCUT2D eigenvalue weighted by molar-refractivity contribution is 0.0911. The van der Waals surface area contributed by atoms with Gasteiger partial charge >= 0.3 is 0 Å². The van der Waals surface area contributed by atoms with Gasteiger partial charge in [-0.25, -0.2) is 13.1 Å². The highest BCUT2D eigenvalue weighted by atomic mass is 35.5. The number of hydrogen-bond acceptors (Lipinski definition) is 3. The van der Waals surface area contributed by atoms with Gasteiger partial charge in [-0.05, 0) is 26.7 Å². The monoisotopic (exact) mass is 271 g/mol. The molecule has 98 valence electrons. The molecule has 0 aliphatic rings. The van der Waals surface area contributed by atoms with Crippen LogP contribution in [0, 0.1) is 0 Å². The van der Waals surface area contributed by atoms with Gasteiger partial charge in [0.25, 0.3) is 0 Å². The molecule has 0 radical (unpaired) electrons. The predicted octanol–water partition coefficient (Wildman–Crippen LogP) is 1.74. The molecule has 0 rings (SSSR count). The highest BCUT2D eigenvalue weighted by Crippen LogP contribution is 2.05. The lowest BCUT2D eigenvalue weighted by Crippen LogP contribution is -2.30. The molecule has 0 aliphatic carbocycles. The van der Waals surface area contributed by atoms with Crippen LogP contribution in [0.15, 0.2) is 0 Å². The smallest absolute Gasteiger partial charge is 0.213 e. The van der Waals surface area contributed by atoms with E-state index >= 15 is 0 Å². The van der Waals surface area contributed by atoms with Crippen LogP contribution in [0.1, 0.15) is 33.6 Å². The Kier molecular flexibility index (Phi) is 8.36. The number of alkyl halides is 1. The molecule has 1 N–H and O–H groups in total. The van der Waals surface area contributed by atoms with Crippen molar-refractivity contribution in [1.29, 1.82) is 0 Å². The third-order valence-electron chi connectivity index (χ3n) is 2.03. The molecule has 0 aliphatic heterocycles. The van der Waals surface area contributed by atoms with Gasteiger partial charge in [-0.1, -0.05) is 6.92 Å². The summed E-state index contributed by atoms with van der Waals surface area (Å²) in [6, 6.07) is 0. The molecule has 4 nitrogen and oxygen atoms in total. The van der Waals surface area contributed by atoms with Crippen molar-refractivity contribution in [3.8, 4) is 0 Å². The van der Waals surface area contributed by atoms with Crippen LogP contribution in [0.4, 0.5) is 0 Å². The zero-order valence-electron chi connectivity index (χ0n) is 10.2. The zero-order chi connectivity index (χ0) is 12.6. The number of hydrogen-bond donors (Lipinski definition) is 1. The number of sulfonamides is 1. The Morgan fingerprint density at radius 2 is 2.00 bits per heavy atom. The molecule has 16 heavy (non-hydrogen) atoms. The van der Waals surface area contributed by atoms with Crippen LogP contribution in [0.5, 0.6) is 0 Å². The van der Waals surface area contributed by atoms with Gasteiger partial charge in [-0.15, -0.1) is 11.6 Å². The minimum Gasteiger partial charge on any atom is -0.378 e. The Labute approximate surface area is 104 Å². The van der Waals surface area contributed by atoms with Crippen LogP contribution in [0.25, 0.3) is 0 Å².